The molecular formula is C6H9NOS. The number of hydrogen-bond donors (Lipinski definition) is 0. The fourth-order valence-electron chi connectivity index (χ4n) is 0.731. The predicted octanol–water partition coefficient (Wildman–Crippen LogP) is -0.00610. The first kappa shape index (κ1) is 6.71. The lowest BCUT2D eigenvalue weighted by Gasteiger charge is -2.07. The van der Waals surface area contributed by atoms with E-state index in [1.807, 2.05) is 23.2 Å². The van der Waals surface area contributed by atoms with Crippen LogP contribution < -0.4 is 9.67 Å². The highest BCUT2D eigenvalue weighted by molar-refractivity contribution is 7.09. The van der Waals surface area contributed by atoms with E-state index in [-0.39, 0.29) is 0 Å². The lowest BCUT2D eigenvalue weighted by molar-refractivity contribution is -0.687. The van der Waals surface area contributed by atoms with Gasteiger partial charge in [-0.05, 0) is 6.10 Å². The van der Waals surface area contributed by atoms with Crippen molar-refractivity contribution in [3.05, 3.63) is 16.6 Å². The third-order valence-corrected chi connectivity index (χ3v) is 2.29. The van der Waals surface area contributed by atoms with E-state index >= 15 is 0 Å². The Kier molecular flexibility index (Phi) is 1.83. The van der Waals surface area contributed by atoms with Crippen molar-refractivity contribution in [3.63, 3.8) is 0 Å². The van der Waals surface area contributed by atoms with E-state index in [1.165, 1.54) is 11.3 Å². The van der Waals surface area contributed by atoms with Crippen LogP contribution in [0.2, 0.25) is 0 Å². The molecule has 0 radical (unpaired) electrons. The SMILES string of the molecule is CC([O-])c1scc[n+]1C. The number of nitrogens with zero attached hydrogens (tertiary/aromatic N) is 1. The molecular weight excluding hydrogens is 134 g/mol. The lowest BCUT2D eigenvalue weighted by atomic mass is 10.4. The Morgan fingerprint density at radius 1 is 1.78 bits per heavy atom. The standard InChI is InChI=1S/C6H9NOS/c1-5(8)6-7(2)3-4-9-6/h3-5H,1-2H3. The van der Waals surface area contributed by atoms with Crippen molar-refractivity contribution in [1.29, 1.82) is 0 Å². The number of aryl methyl sites for hydroxylation is 1. The highest BCUT2D eigenvalue weighted by Gasteiger charge is 2.05. The summed E-state index contributed by atoms with van der Waals surface area (Å²) in [5.41, 5.74) is 0. The van der Waals surface area contributed by atoms with E-state index in [2.05, 4.69) is 0 Å². The molecule has 0 saturated carbocycles. The van der Waals surface area contributed by atoms with Gasteiger partial charge in [-0.1, -0.05) is 18.3 Å². The van der Waals surface area contributed by atoms with Gasteiger partial charge < -0.3 is 5.11 Å². The van der Waals surface area contributed by atoms with Gasteiger partial charge in [0.05, 0.1) is 5.38 Å². The molecule has 0 amide bonds. The Hall–Kier alpha value is -0.410. The van der Waals surface area contributed by atoms with E-state index in [0.717, 1.165) is 5.01 Å². The maximum atomic E-state index is 10.8. The molecule has 0 spiro atoms. The van der Waals surface area contributed by atoms with Crippen molar-refractivity contribution < 1.29 is 9.67 Å². The van der Waals surface area contributed by atoms with Crippen LogP contribution in [0.25, 0.3) is 0 Å². The summed E-state index contributed by atoms with van der Waals surface area (Å²) in [7, 11) is 1.89. The Balaban J connectivity index is 2.94. The van der Waals surface area contributed by atoms with Crippen molar-refractivity contribution in [1.82, 2.24) is 0 Å². The van der Waals surface area contributed by atoms with Crippen molar-refractivity contribution >= 4 is 11.3 Å². The summed E-state index contributed by atoms with van der Waals surface area (Å²) in [4.78, 5) is 0. The van der Waals surface area contributed by atoms with Crippen LogP contribution in [-0.2, 0) is 7.05 Å². The second kappa shape index (κ2) is 2.45. The van der Waals surface area contributed by atoms with Gasteiger partial charge >= 0.3 is 0 Å². The van der Waals surface area contributed by atoms with E-state index < -0.39 is 6.10 Å². The van der Waals surface area contributed by atoms with E-state index in [0.29, 0.717) is 0 Å². The first-order valence-electron chi connectivity index (χ1n) is 2.80. The smallest absolute Gasteiger partial charge is 0.223 e. The van der Waals surface area contributed by atoms with Crippen molar-refractivity contribution in [3.8, 4) is 0 Å². The topological polar surface area (TPSA) is 26.9 Å². The van der Waals surface area contributed by atoms with Crippen LogP contribution in [0.3, 0.4) is 0 Å². The minimum absolute atomic E-state index is 0.588. The summed E-state index contributed by atoms with van der Waals surface area (Å²) in [5, 5.41) is 13.6. The highest BCUT2D eigenvalue weighted by atomic mass is 32.1. The van der Waals surface area contributed by atoms with Gasteiger partial charge in [-0.3, -0.25) is 0 Å². The van der Waals surface area contributed by atoms with Crippen LogP contribution >= 0.6 is 11.3 Å². The summed E-state index contributed by atoms with van der Waals surface area (Å²) in [6.45, 7) is 1.66. The quantitative estimate of drug-likeness (QED) is 0.508. The molecule has 9 heavy (non-hydrogen) atoms. The molecule has 50 valence electrons. The van der Waals surface area contributed by atoms with Gasteiger partial charge in [0.15, 0.2) is 6.20 Å². The van der Waals surface area contributed by atoms with Crippen molar-refractivity contribution in [2.75, 3.05) is 0 Å². The second-order valence-corrected chi connectivity index (χ2v) is 2.92. The van der Waals surface area contributed by atoms with Gasteiger partial charge in [0.2, 0.25) is 5.01 Å². The summed E-state index contributed by atoms with van der Waals surface area (Å²) in [6, 6.07) is 0. The Morgan fingerprint density at radius 3 is 2.67 bits per heavy atom. The molecule has 1 rings (SSSR count). The maximum absolute atomic E-state index is 10.8. The number of hydrogen-bond acceptors (Lipinski definition) is 2. The Morgan fingerprint density at radius 2 is 2.44 bits per heavy atom. The molecule has 0 fully saturated rings. The average Bonchev–Trinajstić information content (AvgIpc) is 2.13. The Bertz CT molecular complexity index is 195. The van der Waals surface area contributed by atoms with Crippen LogP contribution in [0.5, 0.6) is 0 Å². The molecule has 0 aromatic carbocycles. The Labute approximate surface area is 58.4 Å². The molecule has 1 unspecified atom stereocenters. The molecule has 0 N–H and O–H groups in total. The van der Waals surface area contributed by atoms with E-state index in [1.54, 1.807) is 6.92 Å². The maximum Gasteiger partial charge on any atom is 0.223 e. The fourth-order valence-corrected chi connectivity index (χ4v) is 1.53. The van der Waals surface area contributed by atoms with Crippen LogP contribution in [0.4, 0.5) is 0 Å². The summed E-state index contributed by atoms with van der Waals surface area (Å²) in [5.74, 6) is 0. The minimum atomic E-state index is -0.588. The first-order chi connectivity index (χ1) is 4.22. The number of rotatable bonds is 1. The van der Waals surface area contributed by atoms with Gasteiger partial charge in [0, 0.05) is 0 Å². The molecule has 0 saturated heterocycles. The van der Waals surface area contributed by atoms with Crippen molar-refractivity contribution in [2.45, 2.75) is 13.0 Å². The molecule has 0 aliphatic carbocycles. The zero-order chi connectivity index (χ0) is 6.85. The van der Waals surface area contributed by atoms with Crippen LogP contribution in [0.15, 0.2) is 11.6 Å². The second-order valence-electron chi connectivity index (χ2n) is 1.99. The normalized spacial score (nSPS) is 13.7. The van der Waals surface area contributed by atoms with Gasteiger partial charge in [-0.2, -0.15) is 4.57 Å². The summed E-state index contributed by atoms with van der Waals surface area (Å²) in [6.07, 6.45) is 1.31. The molecule has 3 heteroatoms. The molecule has 0 aliphatic heterocycles. The minimum Gasteiger partial charge on any atom is -0.844 e. The number of thiazole rings is 1. The average molecular weight is 143 g/mol. The third-order valence-electron chi connectivity index (χ3n) is 1.17. The monoisotopic (exact) mass is 143 g/mol. The molecule has 1 aromatic rings. The van der Waals surface area contributed by atoms with Crippen LogP contribution in [-0.4, -0.2) is 0 Å². The zero-order valence-corrected chi connectivity index (χ0v) is 6.31. The van der Waals surface area contributed by atoms with Gasteiger partial charge in [-0.25, -0.2) is 0 Å². The van der Waals surface area contributed by atoms with Crippen molar-refractivity contribution in [2.24, 2.45) is 7.05 Å². The summed E-state index contributed by atoms with van der Waals surface area (Å²) < 4.78 is 1.86. The molecule has 1 aromatic heterocycles. The largest absolute Gasteiger partial charge is 0.844 e. The highest BCUT2D eigenvalue weighted by Crippen LogP contribution is 2.08. The molecule has 1 atom stereocenters. The molecule has 1 heterocycles. The van der Waals surface area contributed by atoms with Crippen LogP contribution in [0, 0.1) is 0 Å². The van der Waals surface area contributed by atoms with Gasteiger partial charge in [0.25, 0.3) is 0 Å². The third kappa shape index (κ3) is 1.28. The molecule has 2 nitrogen and oxygen atoms in total. The lowest BCUT2D eigenvalue weighted by Crippen LogP contribution is -2.33. The zero-order valence-electron chi connectivity index (χ0n) is 5.50. The summed E-state index contributed by atoms with van der Waals surface area (Å²) >= 11 is 1.51. The first-order valence-corrected chi connectivity index (χ1v) is 3.68. The fraction of sp³-hybridized carbons (Fsp3) is 0.500. The predicted molar refractivity (Wildman–Crippen MR) is 33.9 cm³/mol. The van der Waals surface area contributed by atoms with Gasteiger partial charge in [0.1, 0.15) is 7.05 Å². The number of aromatic nitrogens is 1. The van der Waals surface area contributed by atoms with Gasteiger partial charge in [-0.15, -0.1) is 0 Å². The van der Waals surface area contributed by atoms with Crippen LogP contribution in [0.1, 0.15) is 18.0 Å². The molecule has 0 aliphatic rings. The molecule has 0 bridgehead atoms. The van der Waals surface area contributed by atoms with E-state index in [4.69, 9.17) is 0 Å². The van der Waals surface area contributed by atoms with E-state index in [9.17, 15) is 5.11 Å².